The van der Waals surface area contributed by atoms with Crippen molar-refractivity contribution in [3.63, 3.8) is 0 Å². The van der Waals surface area contributed by atoms with Crippen molar-refractivity contribution >= 4 is 17.9 Å². The summed E-state index contributed by atoms with van der Waals surface area (Å²) < 4.78 is 0. The van der Waals surface area contributed by atoms with Crippen molar-refractivity contribution in [3.05, 3.63) is 0 Å². The van der Waals surface area contributed by atoms with E-state index in [4.69, 9.17) is 5.11 Å². The maximum Gasteiger partial charge on any atom is 0.321 e. The van der Waals surface area contributed by atoms with Gasteiger partial charge in [-0.25, -0.2) is 4.79 Å². The van der Waals surface area contributed by atoms with Gasteiger partial charge in [0, 0.05) is 19.4 Å². The Bertz CT molecular complexity index is 384. The highest BCUT2D eigenvalue weighted by atomic mass is 16.4. The van der Waals surface area contributed by atoms with Gasteiger partial charge in [-0.3, -0.25) is 14.9 Å². The molecular formula is C15H26N2O4. The lowest BCUT2D eigenvalue weighted by Crippen LogP contribution is -2.43. The van der Waals surface area contributed by atoms with Crippen molar-refractivity contribution in [1.82, 2.24) is 10.6 Å². The van der Waals surface area contributed by atoms with E-state index in [0.717, 1.165) is 6.42 Å². The molecular weight excluding hydrogens is 272 g/mol. The van der Waals surface area contributed by atoms with Crippen molar-refractivity contribution in [1.29, 1.82) is 0 Å². The Labute approximate surface area is 125 Å². The molecule has 6 heteroatoms. The summed E-state index contributed by atoms with van der Waals surface area (Å²) in [4.78, 5) is 33.8. The number of urea groups is 1. The summed E-state index contributed by atoms with van der Waals surface area (Å²) in [5.74, 6) is -0.575. The molecule has 0 bridgehead atoms. The summed E-state index contributed by atoms with van der Waals surface area (Å²) in [6, 6.07) is -0.486. The van der Waals surface area contributed by atoms with Crippen molar-refractivity contribution in [2.75, 3.05) is 6.54 Å². The second kappa shape index (κ2) is 8.64. The number of carboxylic acids is 1. The molecule has 0 aromatic heterocycles. The Morgan fingerprint density at radius 1 is 1.19 bits per heavy atom. The molecule has 21 heavy (non-hydrogen) atoms. The van der Waals surface area contributed by atoms with Crippen LogP contribution in [0.25, 0.3) is 0 Å². The summed E-state index contributed by atoms with van der Waals surface area (Å²) in [7, 11) is 0. The Balaban J connectivity index is 2.23. The first-order chi connectivity index (χ1) is 9.88. The van der Waals surface area contributed by atoms with Crippen LogP contribution < -0.4 is 10.6 Å². The largest absolute Gasteiger partial charge is 0.481 e. The van der Waals surface area contributed by atoms with E-state index in [-0.39, 0.29) is 18.8 Å². The van der Waals surface area contributed by atoms with Gasteiger partial charge in [-0.15, -0.1) is 0 Å². The van der Waals surface area contributed by atoms with Crippen molar-refractivity contribution < 1.29 is 19.5 Å². The van der Waals surface area contributed by atoms with E-state index >= 15 is 0 Å². The summed E-state index contributed by atoms with van der Waals surface area (Å²) in [5.41, 5.74) is 0. The second-order valence-electron chi connectivity index (χ2n) is 6.19. The zero-order valence-corrected chi connectivity index (χ0v) is 12.9. The van der Waals surface area contributed by atoms with Gasteiger partial charge >= 0.3 is 12.0 Å². The minimum absolute atomic E-state index is 0.0412. The third-order valence-electron chi connectivity index (χ3n) is 4.12. The zero-order valence-electron chi connectivity index (χ0n) is 12.9. The number of nitrogens with one attached hydrogen (secondary N) is 2. The molecule has 3 N–H and O–H groups in total. The molecule has 0 aromatic rings. The second-order valence-corrected chi connectivity index (χ2v) is 6.19. The molecule has 0 saturated heterocycles. The number of carbonyl (C=O) groups is 3. The van der Waals surface area contributed by atoms with Gasteiger partial charge < -0.3 is 10.4 Å². The first-order valence-electron chi connectivity index (χ1n) is 7.68. The van der Waals surface area contributed by atoms with Crippen LogP contribution in [-0.4, -0.2) is 29.6 Å². The van der Waals surface area contributed by atoms with E-state index in [1.807, 2.05) is 0 Å². The van der Waals surface area contributed by atoms with Crippen LogP contribution >= 0.6 is 0 Å². The molecule has 3 unspecified atom stereocenters. The van der Waals surface area contributed by atoms with Crippen LogP contribution in [0.1, 0.15) is 52.4 Å². The molecule has 1 saturated carbocycles. The molecule has 1 aliphatic carbocycles. The lowest BCUT2D eigenvalue weighted by Gasteiger charge is -2.28. The minimum Gasteiger partial charge on any atom is -0.481 e. The molecule has 3 amide bonds. The molecule has 0 aliphatic heterocycles. The SMILES string of the molecule is CC(CC(=O)O)CC(=O)NC(=O)NCC1CCCCC1C. The Morgan fingerprint density at radius 3 is 2.48 bits per heavy atom. The number of aliphatic carboxylic acids is 1. The van der Waals surface area contributed by atoms with E-state index in [9.17, 15) is 14.4 Å². The van der Waals surface area contributed by atoms with Crippen LogP contribution in [0, 0.1) is 17.8 Å². The van der Waals surface area contributed by atoms with E-state index < -0.39 is 17.9 Å². The van der Waals surface area contributed by atoms with Gasteiger partial charge in [-0.05, 0) is 24.2 Å². The Kier molecular flexibility index (Phi) is 7.19. The first kappa shape index (κ1) is 17.5. The highest BCUT2D eigenvalue weighted by Crippen LogP contribution is 2.28. The van der Waals surface area contributed by atoms with Gasteiger partial charge in [0.1, 0.15) is 0 Å². The fourth-order valence-electron chi connectivity index (χ4n) is 2.83. The number of amides is 3. The number of imide groups is 1. The number of hydrogen-bond donors (Lipinski definition) is 3. The van der Waals surface area contributed by atoms with Gasteiger partial charge in [0.05, 0.1) is 0 Å². The van der Waals surface area contributed by atoms with E-state index in [2.05, 4.69) is 17.6 Å². The fourth-order valence-corrected chi connectivity index (χ4v) is 2.83. The Morgan fingerprint density at radius 2 is 1.86 bits per heavy atom. The van der Waals surface area contributed by atoms with Crippen LogP contribution in [0.4, 0.5) is 4.79 Å². The van der Waals surface area contributed by atoms with Crippen LogP contribution in [0.2, 0.25) is 0 Å². The predicted molar refractivity (Wildman–Crippen MR) is 78.7 cm³/mol. The summed E-state index contributed by atoms with van der Waals surface area (Å²) in [5, 5.41) is 13.6. The molecule has 6 nitrogen and oxygen atoms in total. The summed E-state index contributed by atoms with van der Waals surface area (Å²) in [6.07, 6.45) is 4.73. The molecule has 1 rings (SSSR count). The summed E-state index contributed by atoms with van der Waals surface area (Å²) in [6.45, 7) is 4.46. The Hall–Kier alpha value is -1.59. The molecule has 0 spiro atoms. The van der Waals surface area contributed by atoms with Gasteiger partial charge in [-0.2, -0.15) is 0 Å². The normalized spacial score (nSPS) is 23.1. The van der Waals surface area contributed by atoms with Crippen molar-refractivity contribution in [2.24, 2.45) is 17.8 Å². The monoisotopic (exact) mass is 298 g/mol. The molecule has 0 radical (unpaired) electrons. The van der Waals surface area contributed by atoms with Gasteiger partial charge in [-0.1, -0.05) is 33.1 Å². The van der Waals surface area contributed by atoms with Gasteiger partial charge in [0.15, 0.2) is 0 Å². The van der Waals surface area contributed by atoms with Crippen molar-refractivity contribution in [2.45, 2.75) is 52.4 Å². The van der Waals surface area contributed by atoms with E-state index in [0.29, 0.717) is 18.4 Å². The highest BCUT2D eigenvalue weighted by Gasteiger charge is 2.22. The molecule has 1 aliphatic rings. The smallest absolute Gasteiger partial charge is 0.321 e. The van der Waals surface area contributed by atoms with E-state index in [1.165, 1.54) is 19.3 Å². The number of carboxylic acid groups (broad SMARTS) is 1. The van der Waals surface area contributed by atoms with Crippen LogP contribution in [-0.2, 0) is 9.59 Å². The predicted octanol–water partition coefficient (Wildman–Crippen LogP) is 2.14. The topological polar surface area (TPSA) is 95.5 Å². The lowest BCUT2D eigenvalue weighted by molar-refractivity contribution is -0.138. The summed E-state index contributed by atoms with van der Waals surface area (Å²) >= 11 is 0. The van der Waals surface area contributed by atoms with Crippen LogP contribution in [0.5, 0.6) is 0 Å². The minimum atomic E-state index is -0.939. The fraction of sp³-hybridized carbons (Fsp3) is 0.800. The standard InChI is InChI=1S/C15H26N2O4/c1-10(8-14(19)20)7-13(18)17-15(21)16-9-12-6-4-3-5-11(12)2/h10-12H,3-9H2,1-2H3,(H,19,20)(H2,16,17,18,21). The lowest BCUT2D eigenvalue weighted by atomic mass is 9.80. The maximum atomic E-state index is 11.6. The number of rotatable bonds is 6. The van der Waals surface area contributed by atoms with Crippen LogP contribution in [0.3, 0.4) is 0 Å². The average molecular weight is 298 g/mol. The zero-order chi connectivity index (χ0) is 15.8. The number of carbonyl (C=O) groups excluding carboxylic acids is 2. The van der Waals surface area contributed by atoms with Crippen LogP contribution in [0.15, 0.2) is 0 Å². The average Bonchev–Trinajstić information content (AvgIpc) is 2.36. The van der Waals surface area contributed by atoms with Gasteiger partial charge in [0.25, 0.3) is 0 Å². The van der Waals surface area contributed by atoms with Gasteiger partial charge in [0.2, 0.25) is 5.91 Å². The molecule has 0 heterocycles. The molecule has 1 fully saturated rings. The highest BCUT2D eigenvalue weighted by molar-refractivity contribution is 5.94. The molecule has 3 atom stereocenters. The van der Waals surface area contributed by atoms with Crippen molar-refractivity contribution in [3.8, 4) is 0 Å². The third-order valence-corrected chi connectivity index (χ3v) is 4.12. The molecule has 0 aromatic carbocycles. The quantitative estimate of drug-likeness (QED) is 0.700. The molecule has 120 valence electrons. The first-order valence-corrected chi connectivity index (χ1v) is 7.68. The number of hydrogen-bond acceptors (Lipinski definition) is 3. The third kappa shape index (κ3) is 7.11. The van der Waals surface area contributed by atoms with E-state index in [1.54, 1.807) is 6.92 Å². The maximum absolute atomic E-state index is 11.6.